The summed E-state index contributed by atoms with van der Waals surface area (Å²) >= 11 is 6.25. The molecule has 4 rings (SSSR count). The van der Waals surface area contributed by atoms with Gasteiger partial charge in [-0.1, -0.05) is 23.5 Å². The van der Waals surface area contributed by atoms with Gasteiger partial charge in [0.15, 0.2) is 16.3 Å². The van der Waals surface area contributed by atoms with Crippen LogP contribution in [0.15, 0.2) is 66.8 Å². The fourth-order valence-corrected chi connectivity index (χ4v) is 6.11. The molecular formula is C27H25BrN2O6S2. The second kappa shape index (κ2) is 11.7. The van der Waals surface area contributed by atoms with Crippen LogP contribution < -0.4 is 24.4 Å². The van der Waals surface area contributed by atoms with E-state index < -0.39 is 18.0 Å². The summed E-state index contributed by atoms with van der Waals surface area (Å²) in [5.74, 6) is -0.400. The Bertz CT molecular complexity index is 1620. The summed E-state index contributed by atoms with van der Waals surface area (Å²) in [5, 5.41) is 0. The second-order valence-electron chi connectivity index (χ2n) is 8.20. The third kappa shape index (κ3) is 5.50. The molecule has 1 aliphatic heterocycles. The molecular weight excluding hydrogens is 592 g/mol. The van der Waals surface area contributed by atoms with Gasteiger partial charge in [0, 0.05) is 11.8 Å². The highest BCUT2D eigenvalue weighted by atomic mass is 79.9. The molecule has 11 heteroatoms. The molecule has 2 aromatic carbocycles. The number of allylic oxidation sites excluding steroid dienone is 1. The Balaban J connectivity index is 1.91. The van der Waals surface area contributed by atoms with Crippen molar-refractivity contribution in [1.82, 2.24) is 4.57 Å². The number of carbonyl (C=O) groups is 2. The average molecular weight is 618 g/mol. The van der Waals surface area contributed by atoms with Crippen LogP contribution in [0, 0.1) is 0 Å². The van der Waals surface area contributed by atoms with Gasteiger partial charge in [-0.3, -0.25) is 14.2 Å². The molecule has 0 fully saturated rings. The van der Waals surface area contributed by atoms with Gasteiger partial charge in [-0.2, -0.15) is 0 Å². The third-order valence-electron chi connectivity index (χ3n) is 5.74. The van der Waals surface area contributed by atoms with E-state index >= 15 is 0 Å². The number of nitrogens with zero attached hydrogens (tertiary/aromatic N) is 2. The first-order valence-electron chi connectivity index (χ1n) is 11.6. The van der Waals surface area contributed by atoms with Crippen LogP contribution in [-0.2, 0) is 14.3 Å². The van der Waals surface area contributed by atoms with E-state index in [1.54, 1.807) is 48.4 Å². The Kier molecular flexibility index (Phi) is 8.59. The van der Waals surface area contributed by atoms with Gasteiger partial charge < -0.3 is 14.2 Å². The summed E-state index contributed by atoms with van der Waals surface area (Å²) in [6.07, 6.45) is 3.70. The minimum absolute atomic E-state index is 0.207. The van der Waals surface area contributed by atoms with E-state index in [0.29, 0.717) is 36.4 Å². The lowest BCUT2D eigenvalue weighted by molar-refractivity contribution is -0.139. The number of esters is 2. The number of aromatic nitrogens is 1. The van der Waals surface area contributed by atoms with Crippen molar-refractivity contribution in [3.05, 3.63) is 83.0 Å². The van der Waals surface area contributed by atoms with Crippen molar-refractivity contribution >= 4 is 57.0 Å². The molecule has 0 bridgehead atoms. The summed E-state index contributed by atoms with van der Waals surface area (Å²) in [6.45, 7) is 5.00. The van der Waals surface area contributed by atoms with E-state index in [4.69, 9.17) is 14.2 Å². The number of hydrogen-bond acceptors (Lipinski definition) is 9. The number of rotatable bonds is 7. The Hall–Kier alpha value is -3.15. The highest BCUT2D eigenvalue weighted by Crippen LogP contribution is 2.37. The van der Waals surface area contributed by atoms with E-state index in [-0.39, 0.29) is 17.9 Å². The van der Waals surface area contributed by atoms with Gasteiger partial charge in [-0.25, -0.2) is 9.79 Å². The molecule has 8 nitrogen and oxygen atoms in total. The van der Waals surface area contributed by atoms with Crippen LogP contribution in [0.25, 0.3) is 6.08 Å². The molecule has 198 valence electrons. The molecule has 0 aliphatic carbocycles. The Morgan fingerprint density at radius 1 is 1.24 bits per heavy atom. The van der Waals surface area contributed by atoms with Crippen LogP contribution in [0.4, 0.5) is 0 Å². The number of halogens is 1. The van der Waals surface area contributed by atoms with Crippen molar-refractivity contribution in [1.29, 1.82) is 0 Å². The third-order valence-corrected chi connectivity index (χ3v) is 8.06. The lowest BCUT2D eigenvalue weighted by Gasteiger charge is -2.24. The highest BCUT2D eigenvalue weighted by molar-refractivity contribution is 9.10. The van der Waals surface area contributed by atoms with Crippen LogP contribution in [0.5, 0.6) is 11.5 Å². The number of hydrogen-bond donors (Lipinski definition) is 0. The van der Waals surface area contributed by atoms with Gasteiger partial charge in [0.2, 0.25) is 0 Å². The van der Waals surface area contributed by atoms with E-state index in [9.17, 15) is 14.4 Å². The van der Waals surface area contributed by atoms with Gasteiger partial charge in [0.25, 0.3) is 5.56 Å². The molecule has 1 aromatic heterocycles. The fraction of sp³-hybridized carbons (Fsp3) is 0.259. The van der Waals surface area contributed by atoms with Crippen molar-refractivity contribution < 1.29 is 23.8 Å². The first-order chi connectivity index (χ1) is 18.2. The average Bonchev–Trinajstić information content (AvgIpc) is 3.18. The zero-order valence-corrected chi connectivity index (χ0v) is 24.6. The summed E-state index contributed by atoms with van der Waals surface area (Å²) in [6, 6.07) is 10.5. The predicted molar refractivity (Wildman–Crippen MR) is 151 cm³/mol. The number of carbonyl (C=O) groups excluding carboxylic acids is 2. The largest absolute Gasteiger partial charge is 0.493 e. The number of thiazole rings is 1. The number of methoxy groups -OCH3 is 1. The zero-order chi connectivity index (χ0) is 27.6. The van der Waals surface area contributed by atoms with Gasteiger partial charge in [0.1, 0.15) is 0 Å². The van der Waals surface area contributed by atoms with Crippen LogP contribution in [0.1, 0.15) is 37.9 Å². The number of benzene rings is 2. The lowest BCUT2D eigenvalue weighted by Crippen LogP contribution is -2.39. The fourth-order valence-electron chi connectivity index (χ4n) is 4.11. The molecule has 1 aliphatic rings. The predicted octanol–water partition coefficient (Wildman–Crippen LogP) is 4.22. The van der Waals surface area contributed by atoms with Gasteiger partial charge in [-0.05, 0) is 77.5 Å². The topological polar surface area (TPSA) is 96.2 Å². The van der Waals surface area contributed by atoms with Crippen LogP contribution >= 0.6 is 39.0 Å². The van der Waals surface area contributed by atoms with Crippen molar-refractivity contribution in [2.24, 2.45) is 4.99 Å². The molecule has 0 unspecified atom stereocenters. The Morgan fingerprint density at radius 3 is 2.55 bits per heavy atom. The summed E-state index contributed by atoms with van der Waals surface area (Å²) in [5.41, 5.74) is 1.98. The molecule has 0 radical (unpaired) electrons. The minimum atomic E-state index is -0.684. The number of thioether (sulfide) groups is 1. The maximum Gasteiger partial charge on any atom is 0.338 e. The summed E-state index contributed by atoms with van der Waals surface area (Å²) < 4.78 is 18.5. The lowest BCUT2D eigenvalue weighted by atomic mass is 9.96. The summed E-state index contributed by atoms with van der Waals surface area (Å²) in [7, 11) is 1.47. The van der Waals surface area contributed by atoms with Gasteiger partial charge >= 0.3 is 11.9 Å². The van der Waals surface area contributed by atoms with Gasteiger partial charge in [0.05, 0.1) is 40.0 Å². The molecule has 0 spiro atoms. The highest BCUT2D eigenvalue weighted by Gasteiger charge is 2.33. The van der Waals surface area contributed by atoms with E-state index in [1.165, 1.54) is 25.4 Å². The number of fused-ring (bicyclic) bond motifs is 1. The molecule has 1 atom stereocenters. The molecule has 0 saturated heterocycles. The second-order valence-corrected chi connectivity index (χ2v) is 10.9. The minimum Gasteiger partial charge on any atom is -0.493 e. The van der Waals surface area contributed by atoms with Crippen LogP contribution in [-0.4, -0.2) is 36.5 Å². The standard InChI is InChI=1S/C27H25BrN2O6S2/c1-6-35-26(33)22-14(2)29-27-30(23(22)17-7-9-18(37-5)10-8-17)25(32)21(38-27)13-16-11-19(28)24(36-15(3)31)20(12-16)34-4/h7-13,23H,6H2,1-5H3/b21-13-/t23-/m1/s1. The van der Waals surface area contributed by atoms with Crippen molar-refractivity contribution in [3.8, 4) is 11.5 Å². The number of ether oxygens (including phenoxy) is 3. The molecule has 38 heavy (non-hydrogen) atoms. The molecule has 2 heterocycles. The summed E-state index contributed by atoms with van der Waals surface area (Å²) in [4.78, 5) is 44.5. The molecule has 0 saturated carbocycles. The van der Waals surface area contributed by atoms with E-state index in [1.807, 2.05) is 30.5 Å². The first-order valence-corrected chi connectivity index (χ1v) is 14.4. The molecule has 0 N–H and O–H groups in total. The van der Waals surface area contributed by atoms with Crippen molar-refractivity contribution in [3.63, 3.8) is 0 Å². The monoisotopic (exact) mass is 616 g/mol. The smallest absolute Gasteiger partial charge is 0.338 e. The molecule has 3 aromatic rings. The van der Waals surface area contributed by atoms with E-state index in [2.05, 4.69) is 20.9 Å². The van der Waals surface area contributed by atoms with Crippen molar-refractivity contribution in [2.45, 2.75) is 31.7 Å². The molecule has 0 amide bonds. The van der Waals surface area contributed by atoms with Crippen LogP contribution in [0.2, 0.25) is 0 Å². The van der Waals surface area contributed by atoms with E-state index in [0.717, 1.165) is 10.5 Å². The van der Waals surface area contributed by atoms with Gasteiger partial charge in [-0.15, -0.1) is 11.8 Å². The SMILES string of the molecule is CCOC(=O)C1=C(C)N=c2s/c(=C\c3cc(Br)c(OC(C)=O)c(OC)c3)c(=O)n2[C@@H]1c1ccc(SC)cc1. The Labute approximate surface area is 235 Å². The van der Waals surface area contributed by atoms with Crippen molar-refractivity contribution in [2.75, 3.05) is 20.0 Å². The normalized spacial score (nSPS) is 15.1. The Morgan fingerprint density at radius 2 is 1.95 bits per heavy atom. The zero-order valence-electron chi connectivity index (χ0n) is 21.4. The maximum absolute atomic E-state index is 13.8. The first kappa shape index (κ1) is 27.9. The van der Waals surface area contributed by atoms with Crippen LogP contribution in [0.3, 0.4) is 0 Å². The maximum atomic E-state index is 13.8. The quantitative estimate of drug-likeness (QED) is 0.223.